The van der Waals surface area contributed by atoms with Crippen molar-refractivity contribution in [3.8, 4) is 5.69 Å². The van der Waals surface area contributed by atoms with Crippen molar-refractivity contribution in [2.24, 2.45) is 0 Å². The van der Waals surface area contributed by atoms with Crippen LogP contribution in [-0.2, 0) is 6.18 Å². The molecule has 1 aromatic carbocycles. The Morgan fingerprint density at radius 1 is 1.18 bits per heavy atom. The molecule has 1 heterocycles. The smallest absolute Gasteiger partial charge is 0.303 e. The number of hydrogen-bond donors (Lipinski definition) is 0. The van der Waals surface area contributed by atoms with Crippen molar-refractivity contribution >= 4 is 0 Å². The molecule has 0 amide bonds. The van der Waals surface area contributed by atoms with Crippen molar-refractivity contribution in [3.63, 3.8) is 0 Å². The van der Waals surface area contributed by atoms with Crippen LogP contribution in [0.1, 0.15) is 17.0 Å². The number of aromatic nitrogens is 2. The Bertz CT molecular complexity index is 541. The zero-order chi connectivity index (χ0) is 12.6. The van der Waals surface area contributed by atoms with Gasteiger partial charge in [-0.25, -0.2) is 4.98 Å². The summed E-state index contributed by atoms with van der Waals surface area (Å²) in [7, 11) is 0. The number of hydrogen-bond acceptors (Lipinski definition) is 1. The SMILES string of the molecule is Cc1ncn(-c2cccc(C(F)(F)F)c2)c1C. The number of nitrogens with zero attached hydrogens (tertiary/aromatic N) is 2. The molecule has 0 unspecified atom stereocenters. The Hall–Kier alpha value is -1.78. The highest BCUT2D eigenvalue weighted by Gasteiger charge is 2.30. The van der Waals surface area contributed by atoms with Gasteiger partial charge in [-0.05, 0) is 32.0 Å². The predicted molar refractivity (Wildman–Crippen MR) is 58.0 cm³/mol. The van der Waals surface area contributed by atoms with Gasteiger partial charge in [-0.3, -0.25) is 0 Å². The summed E-state index contributed by atoms with van der Waals surface area (Å²) in [5.41, 5.74) is 1.46. The van der Waals surface area contributed by atoms with Crippen molar-refractivity contribution in [1.82, 2.24) is 9.55 Å². The van der Waals surface area contributed by atoms with Crippen molar-refractivity contribution < 1.29 is 13.2 Å². The molecule has 0 bridgehead atoms. The molecule has 2 aromatic rings. The molecule has 1 aromatic heterocycles. The summed E-state index contributed by atoms with van der Waals surface area (Å²) in [6.07, 6.45) is -2.79. The molecule has 0 N–H and O–H groups in total. The van der Waals surface area contributed by atoms with Crippen LogP contribution in [0.2, 0.25) is 0 Å². The van der Waals surface area contributed by atoms with Crippen LogP contribution in [0, 0.1) is 13.8 Å². The van der Waals surface area contributed by atoms with Gasteiger partial charge in [0.25, 0.3) is 0 Å². The number of aryl methyl sites for hydroxylation is 1. The molecule has 17 heavy (non-hydrogen) atoms. The quantitative estimate of drug-likeness (QED) is 0.745. The number of imidazole rings is 1. The van der Waals surface area contributed by atoms with Crippen LogP contribution in [0.4, 0.5) is 13.2 Å². The number of halogens is 3. The average Bonchev–Trinajstić information content (AvgIpc) is 2.59. The number of rotatable bonds is 1. The highest BCUT2D eigenvalue weighted by molar-refractivity contribution is 5.39. The summed E-state index contributed by atoms with van der Waals surface area (Å²) in [5.74, 6) is 0. The third-order valence-electron chi connectivity index (χ3n) is 2.70. The second kappa shape index (κ2) is 3.91. The minimum absolute atomic E-state index is 0.470. The lowest BCUT2D eigenvalue weighted by molar-refractivity contribution is -0.137. The van der Waals surface area contributed by atoms with Gasteiger partial charge in [-0.15, -0.1) is 0 Å². The van der Waals surface area contributed by atoms with Gasteiger partial charge < -0.3 is 4.57 Å². The van der Waals surface area contributed by atoms with E-state index in [2.05, 4.69) is 4.98 Å². The molecule has 5 heteroatoms. The first kappa shape index (κ1) is 11.7. The van der Waals surface area contributed by atoms with E-state index in [0.29, 0.717) is 5.69 Å². The first-order valence-electron chi connectivity index (χ1n) is 5.08. The van der Waals surface area contributed by atoms with Crippen LogP contribution in [0.15, 0.2) is 30.6 Å². The molecule has 0 saturated heterocycles. The monoisotopic (exact) mass is 240 g/mol. The molecule has 2 rings (SSSR count). The van der Waals surface area contributed by atoms with E-state index in [0.717, 1.165) is 23.5 Å². The molecule has 0 atom stereocenters. The maximum atomic E-state index is 12.6. The summed E-state index contributed by atoms with van der Waals surface area (Å²) in [6.45, 7) is 3.64. The fraction of sp³-hybridized carbons (Fsp3) is 0.250. The van der Waals surface area contributed by atoms with Crippen molar-refractivity contribution in [2.45, 2.75) is 20.0 Å². The van der Waals surface area contributed by atoms with Crippen LogP contribution >= 0.6 is 0 Å². The summed E-state index contributed by atoms with van der Waals surface area (Å²) in [6, 6.07) is 5.20. The zero-order valence-electron chi connectivity index (χ0n) is 9.42. The van der Waals surface area contributed by atoms with E-state index in [9.17, 15) is 13.2 Å². The summed E-state index contributed by atoms with van der Waals surface area (Å²) in [4.78, 5) is 4.07. The van der Waals surface area contributed by atoms with Crippen LogP contribution in [-0.4, -0.2) is 9.55 Å². The lowest BCUT2D eigenvalue weighted by Gasteiger charge is -2.10. The molecule has 0 spiro atoms. The van der Waals surface area contributed by atoms with Gasteiger partial charge in [0.05, 0.1) is 17.6 Å². The average molecular weight is 240 g/mol. The normalized spacial score (nSPS) is 11.8. The summed E-state index contributed by atoms with van der Waals surface area (Å²) in [5, 5.41) is 0. The van der Waals surface area contributed by atoms with Crippen LogP contribution in [0.3, 0.4) is 0 Å². The molecule has 0 fully saturated rings. The second-order valence-electron chi connectivity index (χ2n) is 3.83. The van der Waals surface area contributed by atoms with E-state index in [-0.39, 0.29) is 0 Å². The van der Waals surface area contributed by atoms with Crippen LogP contribution in [0.25, 0.3) is 5.69 Å². The number of benzene rings is 1. The topological polar surface area (TPSA) is 17.8 Å². The van der Waals surface area contributed by atoms with Crippen LogP contribution in [0.5, 0.6) is 0 Å². The molecule has 0 radical (unpaired) electrons. The Morgan fingerprint density at radius 3 is 2.41 bits per heavy atom. The Morgan fingerprint density at radius 2 is 1.88 bits per heavy atom. The minimum Gasteiger partial charge on any atom is -0.303 e. The van der Waals surface area contributed by atoms with Gasteiger partial charge in [-0.2, -0.15) is 13.2 Å². The van der Waals surface area contributed by atoms with E-state index in [1.165, 1.54) is 12.4 Å². The van der Waals surface area contributed by atoms with E-state index < -0.39 is 11.7 Å². The maximum absolute atomic E-state index is 12.6. The zero-order valence-corrected chi connectivity index (χ0v) is 9.42. The van der Waals surface area contributed by atoms with E-state index in [1.807, 2.05) is 13.8 Å². The second-order valence-corrected chi connectivity index (χ2v) is 3.83. The molecule has 90 valence electrons. The van der Waals surface area contributed by atoms with Crippen LogP contribution < -0.4 is 0 Å². The third kappa shape index (κ3) is 2.18. The van der Waals surface area contributed by atoms with E-state index in [1.54, 1.807) is 10.6 Å². The summed E-state index contributed by atoms with van der Waals surface area (Å²) < 4.78 is 39.3. The van der Waals surface area contributed by atoms with Gasteiger partial charge in [-0.1, -0.05) is 6.07 Å². The van der Waals surface area contributed by atoms with Crippen molar-refractivity contribution in [3.05, 3.63) is 47.5 Å². The van der Waals surface area contributed by atoms with Gasteiger partial charge in [0.2, 0.25) is 0 Å². The first-order valence-corrected chi connectivity index (χ1v) is 5.08. The number of alkyl halides is 3. The Kier molecular flexibility index (Phi) is 2.69. The molecule has 0 aliphatic rings. The fourth-order valence-electron chi connectivity index (χ4n) is 1.59. The van der Waals surface area contributed by atoms with Gasteiger partial charge >= 0.3 is 6.18 Å². The maximum Gasteiger partial charge on any atom is 0.416 e. The van der Waals surface area contributed by atoms with Crippen molar-refractivity contribution in [1.29, 1.82) is 0 Å². The first-order chi connectivity index (χ1) is 7.89. The molecular formula is C12H11F3N2. The molecular weight excluding hydrogens is 229 g/mol. The highest BCUT2D eigenvalue weighted by atomic mass is 19.4. The molecule has 0 aliphatic heterocycles. The molecule has 2 nitrogen and oxygen atoms in total. The summed E-state index contributed by atoms with van der Waals surface area (Å²) >= 11 is 0. The largest absolute Gasteiger partial charge is 0.416 e. The van der Waals surface area contributed by atoms with Gasteiger partial charge in [0.1, 0.15) is 0 Å². The Balaban J connectivity index is 2.51. The minimum atomic E-state index is -4.32. The van der Waals surface area contributed by atoms with Gasteiger partial charge in [0.15, 0.2) is 0 Å². The lowest BCUT2D eigenvalue weighted by Crippen LogP contribution is -2.06. The fourth-order valence-corrected chi connectivity index (χ4v) is 1.59. The molecule has 0 saturated carbocycles. The van der Waals surface area contributed by atoms with E-state index in [4.69, 9.17) is 0 Å². The van der Waals surface area contributed by atoms with Crippen molar-refractivity contribution in [2.75, 3.05) is 0 Å². The third-order valence-corrected chi connectivity index (χ3v) is 2.70. The lowest BCUT2D eigenvalue weighted by atomic mass is 10.2. The Labute approximate surface area is 96.7 Å². The molecule has 0 aliphatic carbocycles. The highest BCUT2D eigenvalue weighted by Crippen LogP contribution is 2.30. The van der Waals surface area contributed by atoms with E-state index >= 15 is 0 Å². The standard InChI is InChI=1S/C12H11F3N2/c1-8-9(2)17(7-16-8)11-5-3-4-10(6-11)12(13,14)15/h3-7H,1-2H3. The predicted octanol–water partition coefficient (Wildman–Crippen LogP) is 3.51. The van der Waals surface area contributed by atoms with Gasteiger partial charge in [0, 0.05) is 11.4 Å².